The second-order valence-electron chi connectivity index (χ2n) is 8.06. The van der Waals surface area contributed by atoms with Crippen molar-refractivity contribution in [3.63, 3.8) is 0 Å². The average molecular weight is 476 g/mol. The van der Waals surface area contributed by atoms with Gasteiger partial charge < -0.3 is 5.32 Å². The number of aromatic nitrogens is 2. The smallest absolute Gasteiger partial charge is 0.272 e. The van der Waals surface area contributed by atoms with Crippen molar-refractivity contribution in [3.05, 3.63) is 124 Å². The zero-order valence-corrected chi connectivity index (χ0v) is 19.0. The van der Waals surface area contributed by atoms with Gasteiger partial charge in [-0.2, -0.15) is 10.2 Å². The molecule has 176 valence electrons. The first-order chi connectivity index (χ1) is 17.6. The van der Waals surface area contributed by atoms with E-state index >= 15 is 0 Å². The van der Waals surface area contributed by atoms with E-state index in [0.717, 1.165) is 16.3 Å². The van der Waals surface area contributed by atoms with Crippen LogP contribution in [0.4, 0.5) is 0 Å². The molecule has 5 rings (SSSR count). The van der Waals surface area contributed by atoms with Crippen LogP contribution < -0.4 is 16.3 Å². The molecule has 0 fully saturated rings. The van der Waals surface area contributed by atoms with E-state index < -0.39 is 23.4 Å². The van der Waals surface area contributed by atoms with Crippen LogP contribution in [0.3, 0.4) is 0 Å². The van der Waals surface area contributed by atoms with Crippen LogP contribution in [-0.4, -0.2) is 28.2 Å². The molecule has 0 aliphatic carbocycles. The van der Waals surface area contributed by atoms with Gasteiger partial charge in [-0.3, -0.25) is 14.4 Å². The first-order valence-electron chi connectivity index (χ1n) is 11.3. The van der Waals surface area contributed by atoms with Crippen LogP contribution in [0.15, 0.2) is 107 Å². The van der Waals surface area contributed by atoms with Gasteiger partial charge in [0.05, 0.1) is 11.6 Å². The number of H-pyrrole nitrogens is 1. The summed E-state index contributed by atoms with van der Waals surface area (Å²) in [5, 5.41) is 16.2. The summed E-state index contributed by atoms with van der Waals surface area (Å²) in [5.74, 6) is -1.08. The molecular formula is C28H21N5O3. The van der Waals surface area contributed by atoms with Crippen molar-refractivity contribution >= 4 is 39.6 Å². The zero-order chi connectivity index (χ0) is 24.9. The molecule has 0 bridgehead atoms. The molecule has 0 aliphatic heterocycles. The molecule has 1 aromatic heterocycles. The SMILES string of the molecule is O=C(N[C@H](C(=O)NN=Cc1cccc2ccccc12)c1n[nH]c(=O)c2ccccc12)c1ccccc1. The number of fused-ring (bicyclic) bond motifs is 2. The number of hydrazone groups is 1. The Hall–Kier alpha value is -5.11. The number of carbonyl (C=O) groups is 2. The van der Waals surface area contributed by atoms with Crippen molar-refractivity contribution in [2.24, 2.45) is 5.10 Å². The van der Waals surface area contributed by atoms with Crippen molar-refractivity contribution in [2.75, 3.05) is 0 Å². The second-order valence-corrected chi connectivity index (χ2v) is 8.06. The lowest BCUT2D eigenvalue weighted by atomic mass is 10.0. The number of rotatable bonds is 6. The maximum absolute atomic E-state index is 13.3. The lowest BCUT2D eigenvalue weighted by Gasteiger charge is -2.18. The van der Waals surface area contributed by atoms with E-state index in [2.05, 4.69) is 26.0 Å². The van der Waals surface area contributed by atoms with Gasteiger partial charge in [-0.05, 0) is 29.0 Å². The van der Waals surface area contributed by atoms with E-state index in [-0.39, 0.29) is 5.69 Å². The normalized spacial score (nSPS) is 12.0. The van der Waals surface area contributed by atoms with Crippen molar-refractivity contribution in [3.8, 4) is 0 Å². The summed E-state index contributed by atoms with van der Waals surface area (Å²) in [4.78, 5) is 38.5. The first-order valence-corrected chi connectivity index (χ1v) is 11.3. The second kappa shape index (κ2) is 10.0. The Bertz CT molecular complexity index is 1660. The van der Waals surface area contributed by atoms with Crippen molar-refractivity contribution < 1.29 is 9.59 Å². The van der Waals surface area contributed by atoms with Crippen LogP contribution in [0.1, 0.15) is 27.7 Å². The molecule has 1 heterocycles. The highest BCUT2D eigenvalue weighted by Crippen LogP contribution is 2.21. The molecule has 8 heteroatoms. The number of hydrogen-bond donors (Lipinski definition) is 3. The predicted molar refractivity (Wildman–Crippen MR) is 139 cm³/mol. The highest BCUT2D eigenvalue weighted by atomic mass is 16.2. The zero-order valence-electron chi connectivity index (χ0n) is 19.0. The number of aromatic amines is 1. The van der Waals surface area contributed by atoms with Crippen LogP contribution in [0.5, 0.6) is 0 Å². The van der Waals surface area contributed by atoms with Crippen LogP contribution in [0.25, 0.3) is 21.5 Å². The average Bonchev–Trinajstić information content (AvgIpc) is 2.93. The minimum absolute atomic E-state index is 0.201. The molecule has 5 aromatic rings. The Morgan fingerprint density at radius 3 is 2.28 bits per heavy atom. The van der Waals surface area contributed by atoms with E-state index in [4.69, 9.17) is 0 Å². The Morgan fingerprint density at radius 1 is 0.806 bits per heavy atom. The minimum Gasteiger partial charge on any atom is -0.335 e. The highest BCUT2D eigenvalue weighted by molar-refractivity contribution is 6.01. The van der Waals surface area contributed by atoms with Gasteiger partial charge in [-0.25, -0.2) is 10.5 Å². The van der Waals surface area contributed by atoms with Crippen LogP contribution in [0, 0.1) is 0 Å². The molecule has 0 saturated carbocycles. The van der Waals surface area contributed by atoms with Crippen LogP contribution >= 0.6 is 0 Å². The standard InChI is InChI=1S/C28H21N5O3/c34-26(19-10-2-1-3-11-19)30-25(24-22-15-6-7-16-23(22)27(35)33-31-24)28(36)32-29-17-20-13-8-12-18-9-4-5-14-21(18)20/h1-17,25H,(H,30,34)(H,32,36)(H,33,35)/t25-/m0/s1. The van der Waals surface area contributed by atoms with E-state index in [9.17, 15) is 14.4 Å². The largest absolute Gasteiger partial charge is 0.335 e. The molecular weight excluding hydrogens is 454 g/mol. The molecule has 2 amide bonds. The number of nitrogens with one attached hydrogen (secondary N) is 3. The molecule has 0 aliphatic rings. The fraction of sp³-hybridized carbons (Fsp3) is 0.0357. The quantitative estimate of drug-likeness (QED) is 0.256. The lowest BCUT2D eigenvalue weighted by molar-refractivity contribution is -0.123. The van der Waals surface area contributed by atoms with Gasteiger partial charge in [0, 0.05) is 16.5 Å². The number of hydrogen-bond acceptors (Lipinski definition) is 5. The fourth-order valence-corrected chi connectivity index (χ4v) is 4.01. The summed E-state index contributed by atoms with van der Waals surface area (Å²) >= 11 is 0. The first kappa shape index (κ1) is 22.7. The third-order valence-electron chi connectivity index (χ3n) is 5.77. The molecule has 0 radical (unpaired) electrons. The van der Waals surface area contributed by atoms with Crippen molar-refractivity contribution in [1.29, 1.82) is 0 Å². The topological polar surface area (TPSA) is 116 Å². The molecule has 36 heavy (non-hydrogen) atoms. The summed E-state index contributed by atoms with van der Waals surface area (Å²) in [6, 6.07) is 27.7. The van der Waals surface area contributed by atoms with E-state index in [1.807, 2.05) is 42.5 Å². The molecule has 0 spiro atoms. The van der Waals surface area contributed by atoms with Crippen LogP contribution in [0.2, 0.25) is 0 Å². The van der Waals surface area contributed by atoms with E-state index in [1.54, 1.807) is 60.8 Å². The Morgan fingerprint density at radius 2 is 1.47 bits per heavy atom. The summed E-state index contributed by atoms with van der Waals surface area (Å²) < 4.78 is 0. The Balaban J connectivity index is 1.48. The maximum Gasteiger partial charge on any atom is 0.272 e. The third-order valence-corrected chi connectivity index (χ3v) is 5.77. The summed E-state index contributed by atoms with van der Waals surface area (Å²) in [7, 11) is 0. The van der Waals surface area contributed by atoms with Crippen molar-refractivity contribution in [1.82, 2.24) is 20.9 Å². The summed E-state index contributed by atoms with van der Waals surface area (Å²) in [6.07, 6.45) is 1.55. The van der Waals surface area contributed by atoms with Gasteiger partial charge in [0.1, 0.15) is 5.69 Å². The lowest BCUT2D eigenvalue weighted by Crippen LogP contribution is -2.40. The maximum atomic E-state index is 13.3. The molecule has 1 atom stereocenters. The predicted octanol–water partition coefficient (Wildman–Crippen LogP) is 3.70. The monoisotopic (exact) mass is 475 g/mol. The van der Waals surface area contributed by atoms with Gasteiger partial charge in [0.2, 0.25) is 0 Å². The van der Waals surface area contributed by atoms with E-state index in [1.165, 1.54) is 0 Å². The Kier molecular flexibility index (Phi) is 6.31. The third kappa shape index (κ3) is 4.60. The molecule has 8 nitrogen and oxygen atoms in total. The van der Waals surface area contributed by atoms with Gasteiger partial charge in [0.25, 0.3) is 17.4 Å². The number of carbonyl (C=O) groups excluding carboxylic acids is 2. The highest BCUT2D eigenvalue weighted by Gasteiger charge is 2.27. The van der Waals surface area contributed by atoms with Gasteiger partial charge in [0.15, 0.2) is 6.04 Å². The van der Waals surface area contributed by atoms with Gasteiger partial charge >= 0.3 is 0 Å². The van der Waals surface area contributed by atoms with Crippen molar-refractivity contribution in [2.45, 2.75) is 6.04 Å². The number of amides is 2. The van der Waals surface area contributed by atoms with Gasteiger partial charge in [-0.15, -0.1) is 0 Å². The summed E-state index contributed by atoms with van der Waals surface area (Å²) in [6.45, 7) is 0. The minimum atomic E-state index is -1.22. The summed E-state index contributed by atoms with van der Waals surface area (Å²) in [5.41, 5.74) is 3.53. The van der Waals surface area contributed by atoms with E-state index in [0.29, 0.717) is 16.3 Å². The Labute approximate surface area is 205 Å². The molecule has 0 saturated heterocycles. The molecule has 4 aromatic carbocycles. The van der Waals surface area contributed by atoms with Gasteiger partial charge in [-0.1, -0.05) is 78.9 Å². The van der Waals surface area contributed by atoms with Crippen LogP contribution in [-0.2, 0) is 4.79 Å². The number of nitrogens with zero attached hydrogens (tertiary/aromatic N) is 2. The molecule has 3 N–H and O–H groups in total. The number of benzene rings is 4. The molecule has 0 unspecified atom stereocenters. The fourth-order valence-electron chi connectivity index (χ4n) is 4.01.